The van der Waals surface area contributed by atoms with Crippen molar-refractivity contribution >= 4 is 6.01 Å². The van der Waals surface area contributed by atoms with E-state index in [1.165, 1.54) is 25.7 Å². The fourth-order valence-corrected chi connectivity index (χ4v) is 2.45. The maximum atomic E-state index is 5.17. The average Bonchev–Trinajstić information content (AvgIpc) is 2.81. The van der Waals surface area contributed by atoms with Crippen LogP contribution in [-0.4, -0.2) is 22.8 Å². The van der Waals surface area contributed by atoms with Crippen molar-refractivity contribution in [3.05, 3.63) is 6.39 Å². The van der Waals surface area contributed by atoms with Crippen molar-refractivity contribution in [1.29, 1.82) is 0 Å². The molecule has 0 N–H and O–H groups in total. The van der Waals surface area contributed by atoms with E-state index in [1.54, 1.807) is 0 Å². The summed E-state index contributed by atoms with van der Waals surface area (Å²) in [6.07, 6.45) is 5.41. The van der Waals surface area contributed by atoms with E-state index in [9.17, 15) is 0 Å². The molecule has 1 aliphatic carbocycles. The van der Waals surface area contributed by atoms with E-state index in [2.05, 4.69) is 15.1 Å². The van der Waals surface area contributed by atoms with E-state index in [0.717, 1.165) is 12.5 Å². The molecule has 2 fully saturated rings. The summed E-state index contributed by atoms with van der Waals surface area (Å²) in [5, 5.41) is 7.62. The lowest BCUT2D eigenvalue weighted by atomic mass is 10.1. The number of piperidine rings is 1. The number of hydrogen-bond donors (Lipinski definition) is 0. The van der Waals surface area contributed by atoms with Crippen molar-refractivity contribution in [1.82, 2.24) is 10.2 Å². The zero-order valence-electron chi connectivity index (χ0n) is 6.81. The Labute approximate surface area is 70.6 Å². The predicted octanol–water partition coefficient (Wildman–Crippen LogP) is 1.06. The summed E-state index contributed by atoms with van der Waals surface area (Å²) in [5.74, 6) is 0.877. The van der Waals surface area contributed by atoms with Crippen LogP contribution >= 0.6 is 0 Å². The summed E-state index contributed by atoms with van der Waals surface area (Å²) < 4.78 is 5.17. The largest absolute Gasteiger partial charge is 0.411 e. The van der Waals surface area contributed by atoms with E-state index in [-0.39, 0.29) is 0 Å². The number of hydrogen-bond acceptors (Lipinski definition) is 4. The van der Waals surface area contributed by atoms with Crippen LogP contribution in [0.5, 0.6) is 0 Å². The lowest BCUT2D eigenvalue weighted by molar-refractivity contribution is 0.484. The van der Waals surface area contributed by atoms with Gasteiger partial charge in [-0.15, -0.1) is 5.10 Å². The Hall–Kier alpha value is -1.06. The molecule has 4 heteroatoms. The summed E-state index contributed by atoms with van der Waals surface area (Å²) >= 11 is 0. The minimum atomic E-state index is 0.676. The third kappa shape index (κ3) is 0.777. The van der Waals surface area contributed by atoms with E-state index in [1.807, 2.05) is 0 Å². The van der Waals surface area contributed by atoms with Crippen LogP contribution in [0.15, 0.2) is 10.8 Å². The molecule has 1 aromatic rings. The summed E-state index contributed by atoms with van der Waals surface area (Å²) in [7, 11) is 0. The van der Waals surface area contributed by atoms with Crippen LogP contribution in [0.25, 0.3) is 0 Å². The molecule has 0 amide bonds. The molecule has 4 nitrogen and oxygen atoms in total. The number of anilines is 1. The molecule has 1 saturated carbocycles. The third-order valence-electron chi connectivity index (χ3n) is 3.00. The molecule has 0 spiro atoms. The number of rotatable bonds is 1. The summed E-state index contributed by atoms with van der Waals surface area (Å²) in [5.41, 5.74) is 0. The molecule has 1 aromatic heterocycles. The van der Waals surface area contributed by atoms with Gasteiger partial charge in [0.15, 0.2) is 0 Å². The Kier molecular flexibility index (Phi) is 1.19. The number of nitrogens with zero attached hydrogens (tertiary/aromatic N) is 3. The molecule has 1 aliphatic heterocycles. The second kappa shape index (κ2) is 2.21. The van der Waals surface area contributed by atoms with Crippen molar-refractivity contribution in [2.45, 2.75) is 25.3 Å². The molecule has 2 aliphatic rings. The first-order valence-electron chi connectivity index (χ1n) is 4.46. The first-order chi connectivity index (χ1) is 5.93. The van der Waals surface area contributed by atoms with Gasteiger partial charge in [-0.1, -0.05) is 5.10 Å². The zero-order valence-corrected chi connectivity index (χ0v) is 6.81. The van der Waals surface area contributed by atoms with Gasteiger partial charge in [0.25, 0.3) is 0 Å². The second-order valence-corrected chi connectivity index (χ2v) is 3.71. The minimum Gasteiger partial charge on any atom is -0.411 e. The molecule has 2 atom stereocenters. The molecular weight excluding hydrogens is 154 g/mol. The lowest BCUT2D eigenvalue weighted by Crippen LogP contribution is -2.32. The maximum Gasteiger partial charge on any atom is 0.318 e. The van der Waals surface area contributed by atoms with Gasteiger partial charge in [0.1, 0.15) is 0 Å². The molecule has 2 bridgehead atoms. The van der Waals surface area contributed by atoms with E-state index in [0.29, 0.717) is 12.1 Å². The quantitative estimate of drug-likeness (QED) is 0.624. The summed E-state index contributed by atoms with van der Waals surface area (Å²) in [6.45, 7) is 1.12. The predicted molar refractivity (Wildman–Crippen MR) is 42.8 cm³/mol. The normalized spacial score (nSPS) is 33.2. The molecule has 3 rings (SSSR count). The Bertz CT molecular complexity index is 272. The van der Waals surface area contributed by atoms with Crippen LogP contribution < -0.4 is 4.90 Å². The Balaban J connectivity index is 1.87. The topological polar surface area (TPSA) is 42.2 Å². The fraction of sp³-hybridized carbons (Fsp3) is 0.750. The Morgan fingerprint density at radius 2 is 2.50 bits per heavy atom. The SMILES string of the molecule is c1nnc(N2CC3CCC2C3)o1. The highest BCUT2D eigenvalue weighted by Gasteiger charge is 2.39. The highest BCUT2D eigenvalue weighted by molar-refractivity contribution is 5.30. The molecule has 2 heterocycles. The van der Waals surface area contributed by atoms with Gasteiger partial charge in [0.2, 0.25) is 6.39 Å². The van der Waals surface area contributed by atoms with Gasteiger partial charge in [0.05, 0.1) is 0 Å². The number of fused-ring (bicyclic) bond motifs is 2. The van der Waals surface area contributed by atoms with Crippen LogP contribution in [0.3, 0.4) is 0 Å². The molecule has 0 radical (unpaired) electrons. The Morgan fingerprint density at radius 1 is 1.50 bits per heavy atom. The van der Waals surface area contributed by atoms with Crippen LogP contribution in [0.1, 0.15) is 19.3 Å². The Morgan fingerprint density at radius 3 is 3.08 bits per heavy atom. The molecule has 64 valence electrons. The van der Waals surface area contributed by atoms with Crippen molar-refractivity contribution in [2.24, 2.45) is 5.92 Å². The maximum absolute atomic E-state index is 5.17. The standard InChI is InChI=1S/C8H11N3O/c1-2-7-3-6(1)4-11(7)8-10-9-5-12-8/h5-7H,1-4H2. The van der Waals surface area contributed by atoms with E-state index in [4.69, 9.17) is 4.42 Å². The van der Waals surface area contributed by atoms with Crippen LogP contribution in [0, 0.1) is 5.92 Å². The van der Waals surface area contributed by atoms with Gasteiger partial charge in [-0.25, -0.2) is 0 Å². The van der Waals surface area contributed by atoms with E-state index >= 15 is 0 Å². The van der Waals surface area contributed by atoms with Crippen molar-refractivity contribution in [3.63, 3.8) is 0 Å². The fourth-order valence-electron chi connectivity index (χ4n) is 2.45. The number of aromatic nitrogens is 2. The zero-order chi connectivity index (χ0) is 7.97. The smallest absolute Gasteiger partial charge is 0.318 e. The molecular formula is C8H11N3O. The summed E-state index contributed by atoms with van der Waals surface area (Å²) in [4.78, 5) is 2.25. The van der Waals surface area contributed by atoms with Crippen LogP contribution in [-0.2, 0) is 0 Å². The monoisotopic (exact) mass is 165 g/mol. The van der Waals surface area contributed by atoms with Crippen LogP contribution in [0.2, 0.25) is 0 Å². The van der Waals surface area contributed by atoms with Crippen molar-refractivity contribution in [2.75, 3.05) is 11.4 Å². The highest BCUT2D eigenvalue weighted by Crippen LogP contribution is 2.39. The van der Waals surface area contributed by atoms with E-state index < -0.39 is 0 Å². The molecule has 12 heavy (non-hydrogen) atoms. The van der Waals surface area contributed by atoms with Gasteiger partial charge in [-0.3, -0.25) is 0 Å². The second-order valence-electron chi connectivity index (χ2n) is 3.71. The molecule has 2 unspecified atom stereocenters. The van der Waals surface area contributed by atoms with Gasteiger partial charge in [-0.05, 0) is 25.2 Å². The van der Waals surface area contributed by atoms with Crippen LogP contribution in [0.4, 0.5) is 6.01 Å². The average molecular weight is 165 g/mol. The van der Waals surface area contributed by atoms with Crippen molar-refractivity contribution < 1.29 is 4.42 Å². The molecule has 1 saturated heterocycles. The molecule has 0 aromatic carbocycles. The first kappa shape index (κ1) is 6.46. The lowest BCUT2D eigenvalue weighted by Gasteiger charge is -2.24. The van der Waals surface area contributed by atoms with Gasteiger partial charge < -0.3 is 9.32 Å². The van der Waals surface area contributed by atoms with Gasteiger partial charge >= 0.3 is 6.01 Å². The van der Waals surface area contributed by atoms with Gasteiger partial charge in [-0.2, -0.15) is 0 Å². The highest BCUT2D eigenvalue weighted by atomic mass is 16.4. The first-order valence-corrected chi connectivity index (χ1v) is 4.46. The van der Waals surface area contributed by atoms with Crippen molar-refractivity contribution in [3.8, 4) is 0 Å². The third-order valence-corrected chi connectivity index (χ3v) is 3.00. The van der Waals surface area contributed by atoms with Gasteiger partial charge in [0, 0.05) is 12.6 Å². The summed E-state index contributed by atoms with van der Waals surface area (Å²) in [6, 6.07) is 1.39. The minimum absolute atomic E-state index is 0.676.